The number of carboxylic acid groups (broad SMARTS) is 1. The fourth-order valence-electron chi connectivity index (χ4n) is 4.07. The molecule has 4 nitrogen and oxygen atoms in total. The zero-order valence-electron chi connectivity index (χ0n) is 12.8. The van der Waals surface area contributed by atoms with Crippen LogP contribution in [0.5, 0.6) is 0 Å². The highest BCUT2D eigenvalue weighted by Gasteiger charge is 2.78. The van der Waals surface area contributed by atoms with Gasteiger partial charge in [0.25, 0.3) is 0 Å². The van der Waals surface area contributed by atoms with Gasteiger partial charge in [-0.15, -0.1) is 6.58 Å². The largest absolute Gasteiger partial charge is 0.481 e. The highest BCUT2D eigenvalue weighted by molar-refractivity contribution is 5.94. The Labute approximate surface area is 120 Å². The summed E-state index contributed by atoms with van der Waals surface area (Å²) in [7, 11) is 0. The first kappa shape index (κ1) is 15.1. The van der Waals surface area contributed by atoms with Gasteiger partial charge < -0.3 is 10.4 Å². The maximum Gasteiger partial charge on any atom is 0.311 e. The summed E-state index contributed by atoms with van der Waals surface area (Å²) < 4.78 is 0. The molecule has 2 N–H and O–H groups in total. The Balaban J connectivity index is 2.38. The van der Waals surface area contributed by atoms with Crippen molar-refractivity contribution in [1.29, 1.82) is 0 Å². The molecule has 0 heterocycles. The molecule has 0 aromatic rings. The van der Waals surface area contributed by atoms with E-state index in [0.717, 1.165) is 6.42 Å². The molecule has 0 saturated heterocycles. The van der Waals surface area contributed by atoms with Crippen LogP contribution in [0.4, 0.5) is 0 Å². The average Bonchev–Trinajstić information content (AvgIpc) is 2.95. The van der Waals surface area contributed by atoms with Crippen molar-refractivity contribution < 1.29 is 14.7 Å². The van der Waals surface area contributed by atoms with E-state index >= 15 is 0 Å². The van der Waals surface area contributed by atoms with E-state index in [1.807, 2.05) is 27.7 Å². The molecule has 2 aliphatic rings. The quantitative estimate of drug-likeness (QED) is 0.777. The first-order chi connectivity index (χ1) is 9.09. The van der Waals surface area contributed by atoms with Crippen molar-refractivity contribution >= 4 is 11.9 Å². The predicted octanol–water partition coefficient (Wildman–Crippen LogP) is 2.59. The number of hydrogen-bond acceptors (Lipinski definition) is 2. The zero-order valence-corrected chi connectivity index (χ0v) is 12.8. The van der Waals surface area contributed by atoms with Gasteiger partial charge in [-0.25, -0.2) is 0 Å². The number of rotatable bonds is 4. The standard InChI is InChI=1S/C16H25NO3/c1-6-7-10-8-11-9-16(11,13(19)20)15(10,5)12(18)17-14(2,3)4/h6,10-11H,1,7-9H2,2-5H3,(H,17,18)(H,19,20)/t10?,11-,15?,16+/m0/s1. The molecule has 1 amide bonds. The third-order valence-corrected chi connectivity index (χ3v) is 5.21. The highest BCUT2D eigenvalue weighted by Crippen LogP contribution is 2.75. The summed E-state index contributed by atoms with van der Waals surface area (Å²) in [6.45, 7) is 11.3. The summed E-state index contributed by atoms with van der Waals surface area (Å²) in [5, 5.41) is 12.7. The molecule has 0 aliphatic heterocycles. The number of nitrogens with one attached hydrogen (secondary N) is 1. The third-order valence-electron chi connectivity index (χ3n) is 5.21. The van der Waals surface area contributed by atoms with Crippen molar-refractivity contribution in [2.45, 2.75) is 52.5 Å². The Morgan fingerprint density at radius 2 is 2.05 bits per heavy atom. The number of carboxylic acids is 1. The van der Waals surface area contributed by atoms with Gasteiger partial charge >= 0.3 is 5.97 Å². The molecular formula is C16H25NO3. The van der Waals surface area contributed by atoms with Crippen LogP contribution in [0.2, 0.25) is 0 Å². The number of allylic oxidation sites excluding steroid dienone is 1. The molecule has 20 heavy (non-hydrogen) atoms. The van der Waals surface area contributed by atoms with Crippen molar-refractivity contribution in [3.63, 3.8) is 0 Å². The van der Waals surface area contributed by atoms with Crippen LogP contribution in [-0.4, -0.2) is 22.5 Å². The summed E-state index contributed by atoms with van der Waals surface area (Å²) in [5.74, 6) is -0.738. The van der Waals surface area contributed by atoms with E-state index in [4.69, 9.17) is 0 Å². The molecule has 0 aromatic carbocycles. The van der Waals surface area contributed by atoms with Crippen molar-refractivity contribution in [3.05, 3.63) is 12.7 Å². The van der Waals surface area contributed by atoms with Gasteiger partial charge in [0.15, 0.2) is 0 Å². The van der Waals surface area contributed by atoms with Gasteiger partial charge in [0, 0.05) is 5.54 Å². The number of hydrogen-bond donors (Lipinski definition) is 2. The van der Waals surface area contributed by atoms with E-state index in [0.29, 0.717) is 12.8 Å². The number of amides is 1. The van der Waals surface area contributed by atoms with Crippen LogP contribution in [0.15, 0.2) is 12.7 Å². The number of carbonyl (C=O) groups is 2. The maximum absolute atomic E-state index is 12.8. The molecule has 4 heteroatoms. The Morgan fingerprint density at radius 1 is 1.45 bits per heavy atom. The lowest BCUT2D eigenvalue weighted by Crippen LogP contribution is -2.54. The summed E-state index contributed by atoms with van der Waals surface area (Å²) in [5.41, 5.74) is -2.06. The fourth-order valence-corrected chi connectivity index (χ4v) is 4.07. The van der Waals surface area contributed by atoms with Gasteiger partial charge in [-0.05, 0) is 58.8 Å². The van der Waals surface area contributed by atoms with Crippen molar-refractivity contribution in [1.82, 2.24) is 5.32 Å². The minimum Gasteiger partial charge on any atom is -0.481 e. The summed E-state index contributed by atoms with van der Waals surface area (Å²) >= 11 is 0. The lowest BCUT2D eigenvalue weighted by Gasteiger charge is -2.39. The van der Waals surface area contributed by atoms with Crippen LogP contribution < -0.4 is 5.32 Å². The van der Waals surface area contributed by atoms with Crippen LogP contribution in [0.3, 0.4) is 0 Å². The first-order valence-electron chi connectivity index (χ1n) is 7.26. The number of carbonyl (C=O) groups excluding carboxylic acids is 1. The first-order valence-corrected chi connectivity index (χ1v) is 7.26. The Hall–Kier alpha value is -1.32. The Morgan fingerprint density at radius 3 is 2.50 bits per heavy atom. The molecule has 2 aliphatic carbocycles. The van der Waals surface area contributed by atoms with Crippen molar-refractivity contribution in [2.75, 3.05) is 0 Å². The van der Waals surface area contributed by atoms with E-state index in [9.17, 15) is 14.7 Å². The van der Waals surface area contributed by atoms with Crippen LogP contribution in [0, 0.1) is 22.7 Å². The lowest BCUT2D eigenvalue weighted by molar-refractivity contribution is -0.157. The molecule has 0 radical (unpaired) electrons. The average molecular weight is 279 g/mol. The van der Waals surface area contributed by atoms with Crippen LogP contribution in [0.25, 0.3) is 0 Å². The predicted molar refractivity (Wildman–Crippen MR) is 77.1 cm³/mol. The topological polar surface area (TPSA) is 66.4 Å². The normalized spacial score (nSPS) is 39.0. The maximum atomic E-state index is 12.8. The molecule has 2 fully saturated rings. The van der Waals surface area contributed by atoms with Crippen LogP contribution in [-0.2, 0) is 9.59 Å². The van der Waals surface area contributed by atoms with Gasteiger partial charge in [-0.2, -0.15) is 0 Å². The van der Waals surface area contributed by atoms with E-state index < -0.39 is 16.8 Å². The van der Waals surface area contributed by atoms with E-state index in [1.54, 1.807) is 6.08 Å². The second kappa shape index (κ2) is 4.34. The Bertz CT molecular complexity index is 465. The molecular weight excluding hydrogens is 254 g/mol. The highest BCUT2D eigenvalue weighted by atomic mass is 16.4. The molecule has 0 spiro atoms. The number of aliphatic carboxylic acids is 1. The third kappa shape index (κ3) is 1.88. The molecule has 4 atom stereocenters. The van der Waals surface area contributed by atoms with Gasteiger partial charge in [-0.1, -0.05) is 6.08 Å². The Kier molecular flexibility index (Phi) is 3.27. The van der Waals surface area contributed by atoms with E-state index in [-0.39, 0.29) is 23.3 Å². The number of fused-ring (bicyclic) bond motifs is 1. The van der Waals surface area contributed by atoms with Crippen LogP contribution >= 0.6 is 0 Å². The van der Waals surface area contributed by atoms with Crippen LogP contribution in [0.1, 0.15) is 47.0 Å². The smallest absolute Gasteiger partial charge is 0.311 e. The molecule has 0 bridgehead atoms. The molecule has 2 unspecified atom stereocenters. The zero-order chi connectivity index (χ0) is 15.3. The van der Waals surface area contributed by atoms with Gasteiger partial charge in [0.2, 0.25) is 5.91 Å². The van der Waals surface area contributed by atoms with Gasteiger partial charge in [-0.3, -0.25) is 9.59 Å². The minimum absolute atomic E-state index is 0.0669. The molecule has 2 rings (SSSR count). The van der Waals surface area contributed by atoms with E-state index in [2.05, 4.69) is 11.9 Å². The fraction of sp³-hybridized carbons (Fsp3) is 0.750. The second-order valence-corrected chi connectivity index (χ2v) is 7.54. The van der Waals surface area contributed by atoms with E-state index in [1.165, 1.54) is 0 Å². The second-order valence-electron chi connectivity index (χ2n) is 7.54. The summed E-state index contributed by atoms with van der Waals surface area (Å²) in [6, 6.07) is 0. The lowest BCUT2D eigenvalue weighted by atomic mass is 9.66. The van der Waals surface area contributed by atoms with Gasteiger partial charge in [0.05, 0.1) is 10.8 Å². The minimum atomic E-state index is -0.865. The summed E-state index contributed by atoms with van der Waals surface area (Å²) in [6.07, 6.45) is 3.93. The SMILES string of the molecule is C=CCC1C[C@H]2C[C@@]2(C(=O)O)C1(C)C(=O)NC(C)(C)C. The molecule has 112 valence electrons. The molecule has 2 saturated carbocycles. The van der Waals surface area contributed by atoms with Crippen molar-refractivity contribution in [2.24, 2.45) is 22.7 Å². The van der Waals surface area contributed by atoms with Gasteiger partial charge in [0.1, 0.15) is 0 Å². The monoisotopic (exact) mass is 279 g/mol. The van der Waals surface area contributed by atoms with Crippen molar-refractivity contribution in [3.8, 4) is 0 Å². The summed E-state index contributed by atoms with van der Waals surface area (Å²) in [4.78, 5) is 24.6. The molecule has 0 aromatic heterocycles.